The van der Waals surface area contributed by atoms with Crippen molar-refractivity contribution in [3.63, 3.8) is 0 Å². The first-order valence-corrected chi connectivity index (χ1v) is 8.82. The first-order chi connectivity index (χ1) is 12.7. The minimum absolute atomic E-state index is 0.0256. The number of aryl methyl sites for hydroxylation is 2. The van der Waals surface area contributed by atoms with Gasteiger partial charge < -0.3 is 0 Å². The molecular weight excluding hydrogens is 316 g/mol. The lowest BCUT2D eigenvalue weighted by molar-refractivity contribution is 0.104. The van der Waals surface area contributed by atoms with Crippen LogP contribution in [0.15, 0.2) is 91.5 Å². The molecule has 0 aliphatic rings. The van der Waals surface area contributed by atoms with Crippen molar-refractivity contribution in [1.82, 2.24) is 0 Å². The summed E-state index contributed by atoms with van der Waals surface area (Å²) in [5.74, 6) is 0.0256. The first-order valence-electron chi connectivity index (χ1n) is 8.82. The lowest BCUT2D eigenvalue weighted by Crippen LogP contribution is -1.93. The van der Waals surface area contributed by atoms with Gasteiger partial charge >= 0.3 is 0 Å². The maximum atomic E-state index is 12.1. The van der Waals surface area contributed by atoms with Crippen molar-refractivity contribution < 1.29 is 4.79 Å². The van der Waals surface area contributed by atoms with E-state index in [-0.39, 0.29) is 5.78 Å². The molecule has 0 radical (unpaired) electrons. The van der Waals surface area contributed by atoms with Gasteiger partial charge in [0.25, 0.3) is 0 Å². The summed E-state index contributed by atoms with van der Waals surface area (Å²) < 4.78 is 0. The fraction of sp³-hybridized carbons (Fsp3) is 0.0800. The molecule has 0 spiro atoms. The van der Waals surface area contributed by atoms with E-state index >= 15 is 0 Å². The van der Waals surface area contributed by atoms with E-state index in [4.69, 9.17) is 0 Å². The zero-order valence-corrected chi connectivity index (χ0v) is 14.8. The van der Waals surface area contributed by atoms with Crippen molar-refractivity contribution in [2.45, 2.75) is 12.8 Å². The SMILES string of the molecule is C=Cc1ccc(CCc2ccc(/C=C/C(=O)c3ccccc3)cc2)cc1. The standard InChI is InChI=1S/C25H22O/c1-2-20-8-10-21(11-9-20)12-13-22-14-16-23(17-15-22)18-19-25(26)24-6-4-3-5-7-24/h2-11,14-19H,1,12-13H2/b19-18+. The number of benzene rings is 3. The van der Waals surface area contributed by atoms with E-state index in [0.29, 0.717) is 5.56 Å². The highest BCUT2D eigenvalue weighted by atomic mass is 16.1. The van der Waals surface area contributed by atoms with E-state index in [1.165, 1.54) is 11.1 Å². The Kier molecular flexibility index (Phi) is 5.95. The van der Waals surface area contributed by atoms with Crippen LogP contribution in [0.2, 0.25) is 0 Å². The van der Waals surface area contributed by atoms with Gasteiger partial charge in [0.1, 0.15) is 0 Å². The zero-order chi connectivity index (χ0) is 18.2. The van der Waals surface area contributed by atoms with Gasteiger partial charge in [-0.1, -0.05) is 97.6 Å². The number of carbonyl (C=O) groups is 1. The number of rotatable bonds is 7. The van der Waals surface area contributed by atoms with Crippen LogP contribution < -0.4 is 0 Å². The minimum Gasteiger partial charge on any atom is -0.289 e. The largest absolute Gasteiger partial charge is 0.289 e. The predicted molar refractivity (Wildman–Crippen MR) is 110 cm³/mol. The molecule has 3 rings (SSSR count). The summed E-state index contributed by atoms with van der Waals surface area (Å²) in [6.45, 7) is 3.78. The summed E-state index contributed by atoms with van der Waals surface area (Å²) in [7, 11) is 0. The molecule has 0 bridgehead atoms. The van der Waals surface area contributed by atoms with Crippen LogP contribution in [0.25, 0.3) is 12.2 Å². The van der Waals surface area contributed by atoms with Crippen molar-refractivity contribution in [3.05, 3.63) is 119 Å². The molecule has 0 amide bonds. The van der Waals surface area contributed by atoms with Crippen LogP contribution in [0.4, 0.5) is 0 Å². The fourth-order valence-corrected chi connectivity index (χ4v) is 2.78. The summed E-state index contributed by atoms with van der Waals surface area (Å²) in [6.07, 6.45) is 7.37. The molecule has 0 aliphatic heterocycles. The average Bonchev–Trinajstić information content (AvgIpc) is 2.72. The molecule has 0 heterocycles. The molecule has 3 aromatic carbocycles. The fourth-order valence-electron chi connectivity index (χ4n) is 2.78. The van der Waals surface area contributed by atoms with Crippen molar-refractivity contribution >= 4 is 17.9 Å². The van der Waals surface area contributed by atoms with Crippen LogP contribution in [-0.2, 0) is 12.8 Å². The Labute approximate surface area is 155 Å². The molecule has 0 aliphatic carbocycles. The molecule has 0 saturated carbocycles. The van der Waals surface area contributed by atoms with Gasteiger partial charge in [0.15, 0.2) is 5.78 Å². The first kappa shape index (κ1) is 17.6. The summed E-state index contributed by atoms with van der Waals surface area (Å²) >= 11 is 0. The van der Waals surface area contributed by atoms with Crippen LogP contribution in [0.1, 0.15) is 32.6 Å². The minimum atomic E-state index is 0.0256. The van der Waals surface area contributed by atoms with Crippen LogP contribution in [0, 0.1) is 0 Å². The monoisotopic (exact) mass is 338 g/mol. The van der Waals surface area contributed by atoms with Crippen LogP contribution in [0.3, 0.4) is 0 Å². The van der Waals surface area contributed by atoms with Gasteiger partial charge in [-0.25, -0.2) is 0 Å². The van der Waals surface area contributed by atoms with E-state index in [1.807, 2.05) is 42.5 Å². The number of hydrogen-bond donors (Lipinski definition) is 0. The number of carbonyl (C=O) groups excluding carboxylic acids is 1. The van der Waals surface area contributed by atoms with Crippen molar-refractivity contribution in [3.8, 4) is 0 Å². The Hall–Kier alpha value is -3.19. The van der Waals surface area contributed by atoms with Gasteiger partial charge in [-0.15, -0.1) is 0 Å². The van der Waals surface area contributed by atoms with E-state index in [1.54, 1.807) is 6.08 Å². The molecule has 0 atom stereocenters. The van der Waals surface area contributed by atoms with Gasteiger partial charge in [-0.3, -0.25) is 4.79 Å². The van der Waals surface area contributed by atoms with Gasteiger partial charge in [-0.05, 0) is 41.2 Å². The quantitative estimate of drug-likeness (QED) is 0.381. The second kappa shape index (κ2) is 8.77. The highest BCUT2D eigenvalue weighted by Gasteiger charge is 2.00. The highest BCUT2D eigenvalue weighted by Crippen LogP contribution is 2.12. The summed E-state index contributed by atoms with van der Waals surface area (Å²) in [5, 5.41) is 0. The molecule has 26 heavy (non-hydrogen) atoms. The third-order valence-corrected chi connectivity index (χ3v) is 4.38. The van der Waals surface area contributed by atoms with Gasteiger partial charge in [0.05, 0.1) is 0 Å². The lowest BCUT2D eigenvalue weighted by atomic mass is 10.0. The molecule has 0 N–H and O–H groups in total. The third-order valence-electron chi connectivity index (χ3n) is 4.38. The topological polar surface area (TPSA) is 17.1 Å². The molecule has 1 nitrogen and oxygen atoms in total. The van der Waals surface area contributed by atoms with Crippen LogP contribution in [0.5, 0.6) is 0 Å². The Morgan fingerprint density at radius 2 is 1.27 bits per heavy atom. The highest BCUT2D eigenvalue weighted by molar-refractivity contribution is 6.06. The van der Waals surface area contributed by atoms with Gasteiger partial charge in [-0.2, -0.15) is 0 Å². The number of allylic oxidation sites excluding steroid dienone is 1. The Bertz CT molecular complexity index is 885. The summed E-state index contributed by atoms with van der Waals surface area (Å²) in [6, 6.07) is 26.2. The Morgan fingerprint density at radius 3 is 1.81 bits per heavy atom. The molecule has 1 heteroatoms. The predicted octanol–water partition coefficient (Wildman–Crippen LogP) is 6.01. The average molecular weight is 338 g/mol. The molecular formula is C25H22O. The van der Waals surface area contributed by atoms with E-state index in [2.05, 4.69) is 55.1 Å². The van der Waals surface area contributed by atoms with E-state index < -0.39 is 0 Å². The van der Waals surface area contributed by atoms with Crippen LogP contribution in [-0.4, -0.2) is 5.78 Å². The molecule has 0 aromatic heterocycles. The third kappa shape index (κ3) is 4.90. The normalized spacial score (nSPS) is 10.8. The summed E-state index contributed by atoms with van der Waals surface area (Å²) in [4.78, 5) is 12.1. The van der Waals surface area contributed by atoms with Gasteiger partial charge in [0.2, 0.25) is 0 Å². The lowest BCUT2D eigenvalue weighted by Gasteiger charge is -2.04. The second-order valence-electron chi connectivity index (χ2n) is 6.25. The second-order valence-corrected chi connectivity index (χ2v) is 6.25. The van der Waals surface area contributed by atoms with Crippen molar-refractivity contribution in [2.75, 3.05) is 0 Å². The smallest absolute Gasteiger partial charge is 0.185 e. The molecule has 0 unspecified atom stereocenters. The zero-order valence-electron chi connectivity index (χ0n) is 14.8. The van der Waals surface area contributed by atoms with E-state index in [9.17, 15) is 4.79 Å². The van der Waals surface area contributed by atoms with Gasteiger partial charge in [0, 0.05) is 5.56 Å². The molecule has 3 aromatic rings. The molecule has 0 fully saturated rings. The summed E-state index contributed by atoms with van der Waals surface area (Å²) in [5.41, 5.74) is 5.52. The maximum Gasteiger partial charge on any atom is 0.185 e. The molecule has 128 valence electrons. The molecule has 0 saturated heterocycles. The Balaban J connectivity index is 1.56. The van der Waals surface area contributed by atoms with Crippen molar-refractivity contribution in [1.29, 1.82) is 0 Å². The Morgan fingerprint density at radius 1 is 0.731 bits per heavy atom. The van der Waals surface area contributed by atoms with Crippen molar-refractivity contribution in [2.24, 2.45) is 0 Å². The van der Waals surface area contributed by atoms with E-state index in [0.717, 1.165) is 24.0 Å². The number of hydrogen-bond acceptors (Lipinski definition) is 1. The maximum absolute atomic E-state index is 12.1. The van der Waals surface area contributed by atoms with Crippen LogP contribution >= 0.6 is 0 Å². The number of ketones is 1.